The van der Waals surface area contributed by atoms with Gasteiger partial charge in [0.1, 0.15) is 11.6 Å². The van der Waals surface area contributed by atoms with Crippen LogP contribution in [0, 0.1) is 12.7 Å². The molecule has 3 rings (SSSR count). The molecule has 0 saturated heterocycles. The van der Waals surface area contributed by atoms with E-state index in [0.29, 0.717) is 22.4 Å². The van der Waals surface area contributed by atoms with Gasteiger partial charge in [0.25, 0.3) is 0 Å². The van der Waals surface area contributed by atoms with Crippen molar-refractivity contribution in [1.82, 2.24) is 0 Å². The number of esters is 1. The Hall–Kier alpha value is -3.53. The highest BCUT2D eigenvalue weighted by Gasteiger charge is 2.11. The van der Waals surface area contributed by atoms with E-state index in [1.165, 1.54) is 18.2 Å². The summed E-state index contributed by atoms with van der Waals surface area (Å²) in [6.07, 6.45) is 2.75. The monoisotopic (exact) mass is 360 g/mol. The van der Waals surface area contributed by atoms with Gasteiger partial charge in [0.15, 0.2) is 5.78 Å². The zero-order valence-corrected chi connectivity index (χ0v) is 14.7. The fourth-order valence-electron chi connectivity index (χ4n) is 2.52. The number of hydrogen-bond acceptors (Lipinski definition) is 3. The molecule has 0 radical (unpaired) electrons. The smallest absolute Gasteiger partial charge is 0.343 e. The molecule has 0 heterocycles. The summed E-state index contributed by atoms with van der Waals surface area (Å²) in [5, 5.41) is 0. The largest absolute Gasteiger partial charge is 0.423 e. The zero-order valence-electron chi connectivity index (χ0n) is 14.7. The lowest BCUT2D eigenvalue weighted by molar-refractivity contribution is 0.0734. The maximum atomic E-state index is 13.6. The molecule has 0 atom stereocenters. The molecule has 0 amide bonds. The molecule has 134 valence electrons. The van der Waals surface area contributed by atoms with E-state index < -0.39 is 5.97 Å². The molecule has 0 aliphatic carbocycles. The van der Waals surface area contributed by atoms with Crippen LogP contribution in [0.5, 0.6) is 5.75 Å². The molecule has 0 saturated carbocycles. The fraction of sp³-hybridized carbons (Fsp3) is 0.0435. The van der Waals surface area contributed by atoms with Gasteiger partial charge in [-0.1, -0.05) is 36.4 Å². The third-order valence-electron chi connectivity index (χ3n) is 4.03. The molecule has 0 aliphatic rings. The van der Waals surface area contributed by atoms with Gasteiger partial charge in [-0.3, -0.25) is 4.79 Å². The van der Waals surface area contributed by atoms with Gasteiger partial charge >= 0.3 is 5.97 Å². The summed E-state index contributed by atoms with van der Waals surface area (Å²) in [6.45, 7) is 1.83. The second kappa shape index (κ2) is 8.23. The Bertz CT molecular complexity index is 1000. The Morgan fingerprint density at radius 2 is 1.56 bits per heavy atom. The normalized spacial score (nSPS) is 10.7. The second-order valence-corrected chi connectivity index (χ2v) is 5.95. The van der Waals surface area contributed by atoms with Gasteiger partial charge in [0, 0.05) is 11.1 Å². The molecular formula is C23H17FO3. The van der Waals surface area contributed by atoms with Crippen molar-refractivity contribution in [2.45, 2.75) is 6.92 Å². The van der Waals surface area contributed by atoms with Crippen molar-refractivity contribution < 1.29 is 18.7 Å². The van der Waals surface area contributed by atoms with Crippen molar-refractivity contribution in [1.29, 1.82) is 0 Å². The first kappa shape index (κ1) is 18.3. The molecule has 0 spiro atoms. The van der Waals surface area contributed by atoms with Crippen LogP contribution in [0.4, 0.5) is 4.39 Å². The molecular weight excluding hydrogens is 343 g/mol. The number of halogens is 1. The van der Waals surface area contributed by atoms with Crippen molar-refractivity contribution in [3.05, 3.63) is 107 Å². The Morgan fingerprint density at radius 1 is 0.889 bits per heavy atom. The van der Waals surface area contributed by atoms with Gasteiger partial charge in [0.2, 0.25) is 0 Å². The molecule has 0 bridgehead atoms. The molecule has 0 fully saturated rings. The second-order valence-electron chi connectivity index (χ2n) is 5.95. The van der Waals surface area contributed by atoms with Crippen LogP contribution < -0.4 is 4.74 Å². The summed E-state index contributed by atoms with van der Waals surface area (Å²) in [4.78, 5) is 24.4. The van der Waals surface area contributed by atoms with Gasteiger partial charge < -0.3 is 4.74 Å². The molecule has 0 unspecified atom stereocenters. The van der Waals surface area contributed by atoms with Gasteiger partial charge in [-0.25, -0.2) is 9.18 Å². The van der Waals surface area contributed by atoms with Gasteiger partial charge in [-0.05, 0) is 61.0 Å². The highest BCUT2D eigenvalue weighted by molar-refractivity contribution is 6.06. The van der Waals surface area contributed by atoms with Crippen LogP contribution in [0.3, 0.4) is 0 Å². The van der Waals surface area contributed by atoms with Crippen LogP contribution in [0.1, 0.15) is 31.8 Å². The van der Waals surface area contributed by atoms with Crippen molar-refractivity contribution in [2.24, 2.45) is 0 Å². The fourth-order valence-corrected chi connectivity index (χ4v) is 2.52. The summed E-state index contributed by atoms with van der Waals surface area (Å²) < 4.78 is 18.9. The van der Waals surface area contributed by atoms with Crippen LogP contribution in [-0.2, 0) is 0 Å². The minimum Gasteiger partial charge on any atom is -0.423 e. The predicted octanol–water partition coefficient (Wildman–Crippen LogP) is 5.25. The number of ether oxygens (including phenoxy) is 1. The van der Waals surface area contributed by atoms with Crippen LogP contribution in [-0.4, -0.2) is 11.8 Å². The van der Waals surface area contributed by atoms with Crippen LogP contribution >= 0.6 is 0 Å². The summed E-state index contributed by atoms with van der Waals surface area (Å²) in [7, 11) is 0. The molecule has 0 aromatic heterocycles. The van der Waals surface area contributed by atoms with Crippen LogP contribution in [0.25, 0.3) is 6.08 Å². The number of ketones is 1. The molecule has 0 N–H and O–H groups in total. The Kier molecular flexibility index (Phi) is 5.57. The van der Waals surface area contributed by atoms with Crippen LogP contribution in [0.15, 0.2) is 78.9 Å². The Labute approximate surface area is 156 Å². The first-order chi connectivity index (χ1) is 13.0. The van der Waals surface area contributed by atoms with E-state index in [1.54, 1.807) is 54.6 Å². The number of benzene rings is 3. The first-order valence-electron chi connectivity index (χ1n) is 8.39. The van der Waals surface area contributed by atoms with Crippen molar-refractivity contribution in [3.8, 4) is 5.75 Å². The zero-order chi connectivity index (χ0) is 19.2. The van der Waals surface area contributed by atoms with E-state index in [1.807, 2.05) is 19.1 Å². The SMILES string of the molecule is Cc1ccccc1C(=O)Oc1ccc(C(=O)/C=C/c2ccccc2F)cc1. The van der Waals surface area contributed by atoms with E-state index in [4.69, 9.17) is 4.74 Å². The number of carbonyl (C=O) groups excluding carboxylic acids is 2. The third kappa shape index (κ3) is 4.55. The van der Waals surface area contributed by atoms with E-state index in [2.05, 4.69) is 0 Å². The van der Waals surface area contributed by atoms with E-state index in [9.17, 15) is 14.0 Å². The van der Waals surface area contributed by atoms with Gasteiger partial charge in [0.05, 0.1) is 5.56 Å². The average Bonchev–Trinajstić information content (AvgIpc) is 2.68. The summed E-state index contributed by atoms with van der Waals surface area (Å²) in [5.74, 6) is -0.764. The van der Waals surface area contributed by atoms with E-state index >= 15 is 0 Å². The Morgan fingerprint density at radius 3 is 2.26 bits per heavy atom. The number of rotatable bonds is 5. The molecule has 0 aliphatic heterocycles. The van der Waals surface area contributed by atoms with Gasteiger partial charge in [-0.15, -0.1) is 0 Å². The van der Waals surface area contributed by atoms with E-state index in [0.717, 1.165) is 5.56 Å². The van der Waals surface area contributed by atoms with Crippen molar-refractivity contribution in [2.75, 3.05) is 0 Å². The topological polar surface area (TPSA) is 43.4 Å². The summed E-state index contributed by atoms with van der Waals surface area (Å²) >= 11 is 0. The van der Waals surface area contributed by atoms with E-state index in [-0.39, 0.29) is 11.6 Å². The lowest BCUT2D eigenvalue weighted by Crippen LogP contribution is -2.10. The van der Waals surface area contributed by atoms with Crippen molar-refractivity contribution >= 4 is 17.8 Å². The molecule has 3 nitrogen and oxygen atoms in total. The minimum atomic E-state index is -0.452. The summed E-state index contributed by atoms with van der Waals surface area (Å²) in [6, 6.07) is 19.6. The predicted molar refractivity (Wildman–Crippen MR) is 102 cm³/mol. The average molecular weight is 360 g/mol. The summed E-state index contributed by atoms with van der Waals surface area (Å²) in [5.41, 5.74) is 2.07. The first-order valence-corrected chi connectivity index (χ1v) is 8.39. The number of allylic oxidation sites excluding steroid dienone is 1. The molecule has 4 heteroatoms. The Balaban J connectivity index is 1.68. The minimum absolute atomic E-state index is 0.268. The molecule has 3 aromatic rings. The highest BCUT2D eigenvalue weighted by atomic mass is 19.1. The third-order valence-corrected chi connectivity index (χ3v) is 4.03. The lowest BCUT2D eigenvalue weighted by atomic mass is 10.1. The lowest BCUT2D eigenvalue weighted by Gasteiger charge is -2.07. The molecule has 3 aromatic carbocycles. The quantitative estimate of drug-likeness (QED) is 0.270. The number of hydrogen-bond donors (Lipinski definition) is 0. The standard InChI is InChI=1S/C23H17FO3/c1-16-6-2-4-8-20(16)23(26)27-19-13-10-18(11-14-19)22(25)15-12-17-7-3-5-9-21(17)24/h2-15H,1H3/b15-12+. The van der Waals surface area contributed by atoms with Crippen molar-refractivity contribution in [3.63, 3.8) is 0 Å². The maximum absolute atomic E-state index is 13.6. The van der Waals surface area contributed by atoms with Crippen LogP contribution in [0.2, 0.25) is 0 Å². The number of carbonyl (C=O) groups is 2. The maximum Gasteiger partial charge on any atom is 0.343 e. The highest BCUT2D eigenvalue weighted by Crippen LogP contribution is 2.17. The van der Waals surface area contributed by atoms with Gasteiger partial charge in [-0.2, -0.15) is 0 Å². The number of aryl methyl sites for hydroxylation is 1. The molecule has 27 heavy (non-hydrogen) atoms.